The summed E-state index contributed by atoms with van der Waals surface area (Å²) in [5, 5.41) is 2.97. The van der Waals surface area contributed by atoms with Crippen LogP contribution in [0.4, 0.5) is 11.5 Å². The quantitative estimate of drug-likeness (QED) is 0.710. The topological polar surface area (TPSA) is 114 Å². The number of amides is 2. The number of nitrogens with zero attached hydrogens (tertiary/aromatic N) is 2. The summed E-state index contributed by atoms with van der Waals surface area (Å²) in [6.07, 6.45) is 2.53. The number of hydrogen-bond donors (Lipinski definition) is 3. The van der Waals surface area contributed by atoms with E-state index in [2.05, 4.69) is 10.3 Å². The van der Waals surface area contributed by atoms with Crippen molar-refractivity contribution in [3.05, 3.63) is 17.8 Å². The third kappa shape index (κ3) is 3.37. The molecule has 0 aromatic carbocycles. The van der Waals surface area contributed by atoms with E-state index in [9.17, 15) is 9.59 Å². The first-order valence-electron chi connectivity index (χ1n) is 6.66. The van der Waals surface area contributed by atoms with Gasteiger partial charge in [-0.1, -0.05) is 0 Å². The molecule has 0 unspecified atom stereocenters. The van der Waals surface area contributed by atoms with Crippen LogP contribution in [-0.2, 0) is 4.79 Å². The summed E-state index contributed by atoms with van der Waals surface area (Å²) in [6, 6.07) is 3.04. The molecule has 0 atom stereocenters. The highest BCUT2D eigenvalue weighted by atomic mass is 16.2. The van der Waals surface area contributed by atoms with Gasteiger partial charge in [0.2, 0.25) is 5.91 Å². The SMILES string of the molecule is NC(=O)c1ccc(N)c(NCCC(=O)N2CCCC2)n1. The first-order chi connectivity index (χ1) is 9.58. The van der Waals surface area contributed by atoms with Crippen LogP contribution >= 0.6 is 0 Å². The average Bonchev–Trinajstić information content (AvgIpc) is 2.94. The molecule has 0 saturated carbocycles. The molecule has 7 heteroatoms. The third-order valence-corrected chi connectivity index (χ3v) is 3.27. The second kappa shape index (κ2) is 6.23. The zero-order valence-corrected chi connectivity index (χ0v) is 11.3. The molecule has 1 aliphatic heterocycles. The maximum Gasteiger partial charge on any atom is 0.267 e. The molecular formula is C13H19N5O2. The molecule has 20 heavy (non-hydrogen) atoms. The highest BCUT2D eigenvalue weighted by molar-refractivity contribution is 5.91. The van der Waals surface area contributed by atoms with Crippen LogP contribution in [0.3, 0.4) is 0 Å². The summed E-state index contributed by atoms with van der Waals surface area (Å²) in [5.41, 5.74) is 11.5. The minimum atomic E-state index is -0.610. The van der Waals surface area contributed by atoms with E-state index in [4.69, 9.17) is 11.5 Å². The second-order valence-electron chi connectivity index (χ2n) is 4.76. The minimum Gasteiger partial charge on any atom is -0.396 e. The molecule has 2 amide bonds. The van der Waals surface area contributed by atoms with Gasteiger partial charge >= 0.3 is 0 Å². The van der Waals surface area contributed by atoms with Gasteiger partial charge in [0, 0.05) is 26.1 Å². The van der Waals surface area contributed by atoms with Crippen molar-refractivity contribution >= 4 is 23.3 Å². The fourth-order valence-electron chi connectivity index (χ4n) is 2.16. The van der Waals surface area contributed by atoms with E-state index in [1.807, 2.05) is 4.90 Å². The lowest BCUT2D eigenvalue weighted by molar-refractivity contribution is -0.129. The number of carbonyl (C=O) groups is 2. The summed E-state index contributed by atoms with van der Waals surface area (Å²) < 4.78 is 0. The van der Waals surface area contributed by atoms with E-state index in [-0.39, 0.29) is 11.6 Å². The number of pyridine rings is 1. The van der Waals surface area contributed by atoms with Crippen LogP contribution < -0.4 is 16.8 Å². The standard InChI is InChI=1S/C13H19N5O2/c14-9-3-4-10(12(15)20)17-13(9)16-6-5-11(19)18-7-1-2-8-18/h3-4H,1-2,5-8,14H2,(H2,15,20)(H,16,17). The number of nitrogen functional groups attached to an aromatic ring is 1. The van der Waals surface area contributed by atoms with Crippen molar-refractivity contribution in [1.82, 2.24) is 9.88 Å². The van der Waals surface area contributed by atoms with E-state index in [0.29, 0.717) is 24.5 Å². The molecule has 5 N–H and O–H groups in total. The number of carbonyl (C=O) groups excluding carboxylic acids is 2. The van der Waals surface area contributed by atoms with Gasteiger partial charge < -0.3 is 21.7 Å². The highest BCUT2D eigenvalue weighted by Gasteiger charge is 2.17. The van der Waals surface area contributed by atoms with Crippen LogP contribution in [-0.4, -0.2) is 41.3 Å². The summed E-state index contributed by atoms with van der Waals surface area (Å²) >= 11 is 0. The summed E-state index contributed by atoms with van der Waals surface area (Å²) in [5.74, 6) is -0.101. The third-order valence-electron chi connectivity index (χ3n) is 3.27. The molecule has 0 spiro atoms. The maximum absolute atomic E-state index is 11.9. The Labute approximate surface area is 117 Å². The fourth-order valence-corrected chi connectivity index (χ4v) is 2.16. The Kier molecular flexibility index (Phi) is 4.39. The van der Waals surface area contributed by atoms with Crippen molar-refractivity contribution in [1.29, 1.82) is 0 Å². The Hall–Kier alpha value is -2.31. The normalized spacial score (nSPS) is 14.3. The van der Waals surface area contributed by atoms with Crippen molar-refractivity contribution in [2.45, 2.75) is 19.3 Å². The lowest BCUT2D eigenvalue weighted by Gasteiger charge is -2.15. The Balaban J connectivity index is 1.88. The number of hydrogen-bond acceptors (Lipinski definition) is 5. The Morgan fingerprint density at radius 2 is 2.00 bits per heavy atom. The van der Waals surface area contributed by atoms with Gasteiger partial charge in [-0.25, -0.2) is 4.98 Å². The molecule has 0 aliphatic carbocycles. The minimum absolute atomic E-state index is 0.125. The number of anilines is 2. The van der Waals surface area contributed by atoms with Crippen molar-refractivity contribution in [3.8, 4) is 0 Å². The molecule has 2 heterocycles. The van der Waals surface area contributed by atoms with Crippen LogP contribution in [0.2, 0.25) is 0 Å². The van der Waals surface area contributed by atoms with Gasteiger partial charge in [-0.2, -0.15) is 0 Å². The molecule has 7 nitrogen and oxygen atoms in total. The van der Waals surface area contributed by atoms with Crippen molar-refractivity contribution in [3.63, 3.8) is 0 Å². The zero-order valence-electron chi connectivity index (χ0n) is 11.3. The van der Waals surface area contributed by atoms with Gasteiger partial charge in [-0.3, -0.25) is 9.59 Å². The number of nitrogens with two attached hydrogens (primary N) is 2. The summed E-state index contributed by atoms with van der Waals surface area (Å²) in [6.45, 7) is 2.11. The first kappa shape index (κ1) is 14.1. The van der Waals surface area contributed by atoms with Crippen molar-refractivity contribution in [2.75, 3.05) is 30.7 Å². The Bertz CT molecular complexity index is 511. The number of nitrogens with one attached hydrogen (secondary N) is 1. The van der Waals surface area contributed by atoms with E-state index in [1.165, 1.54) is 6.07 Å². The number of rotatable bonds is 5. The second-order valence-corrected chi connectivity index (χ2v) is 4.76. The molecule has 0 bridgehead atoms. The van der Waals surface area contributed by atoms with E-state index >= 15 is 0 Å². The molecule has 0 radical (unpaired) electrons. The lowest BCUT2D eigenvalue weighted by Crippen LogP contribution is -2.29. The zero-order chi connectivity index (χ0) is 14.5. The molecule has 1 aliphatic rings. The number of likely N-dealkylation sites (tertiary alicyclic amines) is 1. The molecule has 1 aromatic heterocycles. The fraction of sp³-hybridized carbons (Fsp3) is 0.462. The van der Waals surface area contributed by atoms with Gasteiger partial charge in [-0.05, 0) is 25.0 Å². The maximum atomic E-state index is 11.9. The van der Waals surface area contributed by atoms with Crippen LogP contribution in [0.5, 0.6) is 0 Å². The predicted molar refractivity (Wildman–Crippen MR) is 76.1 cm³/mol. The van der Waals surface area contributed by atoms with E-state index in [1.54, 1.807) is 6.07 Å². The van der Waals surface area contributed by atoms with E-state index in [0.717, 1.165) is 25.9 Å². The summed E-state index contributed by atoms with van der Waals surface area (Å²) in [7, 11) is 0. The van der Waals surface area contributed by atoms with Crippen LogP contribution in [0.1, 0.15) is 29.8 Å². The predicted octanol–water partition coefficient (Wildman–Crippen LogP) is 0.187. The molecule has 1 aromatic rings. The van der Waals surface area contributed by atoms with Gasteiger partial charge in [0.05, 0.1) is 5.69 Å². The van der Waals surface area contributed by atoms with Crippen LogP contribution in [0.25, 0.3) is 0 Å². The largest absolute Gasteiger partial charge is 0.396 e. The first-order valence-corrected chi connectivity index (χ1v) is 6.66. The number of aromatic nitrogens is 1. The van der Waals surface area contributed by atoms with E-state index < -0.39 is 5.91 Å². The van der Waals surface area contributed by atoms with Crippen molar-refractivity contribution < 1.29 is 9.59 Å². The van der Waals surface area contributed by atoms with Gasteiger partial charge in [-0.15, -0.1) is 0 Å². The van der Waals surface area contributed by atoms with Crippen LogP contribution in [0.15, 0.2) is 12.1 Å². The molecule has 2 rings (SSSR count). The highest BCUT2D eigenvalue weighted by Crippen LogP contribution is 2.16. The summed E-state index contributed by atoms with van der Waals surface area (Å²) in [4.78, 5) is 28.8. The Morgan fingerprint density at radius 1 is 1.30 bits per heavy atom. The Morgan fingerprint density at radius 3 is 2.65 bits per heavy atom. The van der Waals surface area contributed by atoms with Crippen molar-refractivity contribution in [2.24, 2.45) is 5.73 Å². The molecule has 1 fully saturated rings. The molecular weight excluding hydrogens is 258 g/mol. The van der Waals surface area contributed by atoms with Gasteiger partial charge in [0.1, 0.15) is 11.5 Å². The van der Waals surface area contributed by atoms with Gasteiger partial charge in [0.15, 0.2) is 0 Å². The van der Waals surface area contributed by atoms with Gasteiger partial charge in [0.25, 0.3) is 5.91 Å². The number of primary amides is 1. The smallest absolute Gasteiger partial charge is 0.267 e. The molecule has 1 saturated heterocycles. The average molecular weight is 277 g/mol. The molecule has 108 valence electrons. The lowest BCUT2D eigenvalue weighted by atomic mass is 10.3. The van der Waals surface area contributed by atoms with Crippen LogP contribution in [0, 0.1) is 0 Å². The monoisotopic (exact) mass is 277 g/mol.